The number of nitrogens with one attached hydrogen (secondary N) is 1. The van der Waals surface area contributed by atoms with Crippen LogP contribution in [-0.4, -0.2) is 17.0 Å². The van der Waals surface area contributed by atoms with Gasteiger partial charge in [-0.15, -0.1) is 0 Å². The van der Waals surface area contributed by atoms with E-state index in [9.17, 15) is 4.39 Å². The summed E-state index contributed by atoms with van der Waals surface area (Å²) in [6, 6.07) is 12.3. The fourth-order valence-corrected chi connectivity index (χ4v) is 2.08. The summed E-state index contributed by atoms with van der Waals surface area (Å²) in [4.78, 5) is 8.66. The van der Waals surface area contributed by atoms with Crippen molar-refractivity contribution in [1.82, 2.24) is 9.97 Å². The number of aromatic nitrogens is 2. The third-order valence-corrected chi connectivity index (χ3v) is 3.02. The number of halogens is 1. The number of benzene rings is 2. The quantitative estimate of drug-likeness (QED) is 0.759. The predicted octanol–water partition coefficient (Wildman–Crippen LogP) is 3.48. The predicted molar refractivity (Wildman–Crippen MR) is 74.5 cm³/mol. The molecule has 1 aromatic heterocycles. The van der Waals surface area contributed by atoms with E-state index in [1.54, 1.807) is 31.4 Å². The van der Waals surface area contributed by atoms with Crippen LogP contribution in [0.5, 0.6) is 0 Å². The summed E-state index contributed by atoms with van der Waals surface area (Å²) in [5.41, 5.74) is 0.828. The molecule has 0 aliphatic carbocycles. The molecule has 0 spiro atoms. The molecule has 2 aromatic carbocycles. The largest absolute Gasteiger partial charge is 0.373 e. The molecule has 0 atom stereocenters. The van der Waals surface area contributed by atoms with Crippen molar-refractivity contribution in [3.8, 4) is 11.4 Å². The summed E-state index contributed by atoms with van der Waals surface area (Å²) in [7, 11) is 1.80. The first-order valence-electron chi connectivity index (χ1n) is 5.98. The van der Waals surface area contributed by atoms with Crippen LogP contribution in [0.3, 0.4) is 0 Å². The van der Waals surface area contributed by atoms with Gasteiger partial charge in [0.05, 0.1) is 0 Å². The number of anilines is 1. The van der Waals surface area contributed by atoms with E-state index >= 15 is 0 Å². The van der Waals surface area contributed by atoms with Gasteiger partial charge in [0.1, 0.15) is 11.6 Å². The molecule has 94 valence electrons. The highest BCUT2D eigenvalue weighted by molar-refractivity contribution is 5.95. The van der Waals surface area contributed by atoms with E-state index in [0.29, 0.717) is 11.2 Å². The van der Waals surface area contributed by atoms with Gasteiger partial charge in [-0.05, 0) is 23.6 Å². The minimum Gasteiger partial charge on any atom is -0.373 e. The van der Waals surface area contributed by atoms with Gasteiger partial charge in [-0.2, -0.15) is 0 Å². The van der Waals surface area contributed by atoms with Crippen LogP contribution in [-0.2, 0) is 0 Å². The zero-order valence-corrected chi connectivity index (χ0v) is 10.4. The van der Waals surface area contributed by atoms with Crippen LogP contribution in [0.1, 0.15) is 0 Å². The lowest BCUT2D eigenvalue weighted by Crippen LogP contribution is -1.96. The van der Waals surface area contributed by atoms with E-state index in [4.69, 9.17) is 0 Å². The zero-order chi connectivity index (χ0) is 13.2. The molecule has 0 bridgehead atoms. The van der Waals surface area contributed by atoms with Crippen LogP contribution < -0.4 is 5.32 Å². The maximum atomic E-state index is 13.8. The standard InChI is InChI=1S/C15H12FN3/c1-17-14-8-9-18-15(19-14)12-6-7-13(16)11-5-3-2-4-10(11)12/h2-9H,1H3,(H,17,18,19). The maximum Gasteiger partial charge on any atom is 0.162 e. The average molecular weight is 253 g/mol. The molecule has 3 rings (SSSR count). The van der Waals surface area contributed by atoms with Gasteiger partial charge >= 0.3 is 0 Å². The first-order valence-corrected chi connectivity index (χ1v) is 5.98. The van der Waals surface area contributed by atoms with Gasteiger partial charge in [-0.25, -0.2) is 14.4 Å². The van der Waals surface area contributed by atoms with Crippen molar-refractivity contribution in [2.24, 2.45) is 0 Å². The van der Waals surface area contributed by atoms with Gasteiger partial charge in [0, 0.05) is 24.2 Å². The molecule has 4 heteroatoms. The SMILES string of the molecule is CNc1ccnc(-c2ccc(F)c3ccccc23)n1. The Kier molecular flexibility index (Phi) is 2.83. The third kappa shape index (κ3) is 2.01. The molecule has 3 nitrogen and oxygen atoms in total. The Balaban J connectivity index is 2.28. The molecule has 3 aromatic rings. The van der Waals surface area contributed by atoms with Crippen LogP contribution in [0.15, 0.2) is 48.7 Å². The summed E-state index contributed by atoms with van der Waals surface area (Å²) < 4.78 is 13.8. The lowest BCUT2D eigenvalue weighted by Gasteiger charge is -2.07. The topological polar surface area (TPSA) is 37.8 Å². The van der Waals surface area contributed by atoms with Crippen molar-refractivity contribution in [2.45, 2.75) is 0 Å². The van der Waals surface area contributed by atoms with Crippen molar-refractivity contribution < 1.29 is 4.39 Å². The van der Waals surface area contributed by atoms with Gasteiger partial charge in [0.15, 0.2) is 5.82 Å². The third-order valence-electron chi connectivity index (χ3n) is 3.02. The molecule has 0 radical (unpaired) electrons. The molecular weight excluding hydrogens is 241 g/mol. The lowest BCUT2D eigenvalue weighted by molar-refractivity contribution is 0.640. The molecule has 0 aliphatic rings. The summed E-state index contributed by atoms with van der Waals surface area (Å²) in [5, 5.41) is 4.37. The van der Waals surface area contributed by atoms with E-state index in [0.717, 1.165) is 16.8 Å². The molecule has 0 aliphatic heterocycles. The fraction of sp³-hybridized carbons (Fsp3) is 0.0667. The van der Waals surface area contributed by atoms with Crippen LogP contribution in [0.25, 0.3) is 22.2 Å². The summed E-state index contributed by atoms with van der Waals surface area (Å²) in [6.07, 6.45) is 1.69. The van der Waals surface area contributed by atoms with Gasteiger partial charge in [0.25, 0.3) is 0 Å². The molecule has 0 unspecified atom stereocenters. The Morgan fingerprint density at radius 1 is 1.00 bits per heavy atom. The van der Waals surface area contributed by atoms with Gasteiger partial charge in [-0.1, -0.05) is 24.3 Å². The Hall–Kier alpha value is -2.49. The van der Waals surface area contributed by atoms with E-state index in [2.05, 4.69) is 15.3 Å². The molecule has 0 saturated heterocycles. The number of rotatable bonds is 2. The first kappa shape index (κ1) is 11.6. The maximum absolute atomic E-state index is 13.8. The van der Waals surface area contributed by atoms with Gasteiger partial charge in [-0.3, -0.25) is 0 Å². The van der Waals surface area contributed by atoms with Crippen molar-refractivity contribution in [1.29, 1.82) is 0 Å². The highest BCUT2D eigenvalue weighted by Crippen LogP contribution is 2.28. The van der Waals surface area contributed by atoms with Crippen molar-refractivity contribution in [2.75, 3.05) is 12.4 Å². The molecular formula is C15H12FN3. The highest BCUT2D eigenvalue weighted by Gasteiger charge is 2.09. The van der Waals surface area contributed by atoms with E-state index in [1.165, 1.54) is 6.07 Å². The minimum atomic E-state index is -0.232. The number of hydrogen-bond acceptors (Lipinski definition) is 3. The van der Waals surface area contributed by atoms with Crippen LogP contribution in [0.4, 0.5) is 10.2 Å². The molecule has 0 saturated carbocycles. The van der Waals surface area contributed by atoms with Crippen LogP contribution in [0.2, 0.25) is 0 Å². The number of fused-ring (bicyclic) bond motifs is 1. The summed E-state index contributed by atoms with van der Waals surface area (Å²) >= 11 is 0. The summed E-state index contributed by atoms with van der Waals surface area (Å²) in [5.74, 6) is 1.09. The zero-order valence-electron chi connectivity index (χ0n) is 10.4. The fourth-order valence-electron chi connectivity index (χ4n) is 2.08. The molecule has 19 heavy (non-hydrogen) atoms. The van der Waals surface area contributed by atoms with E-state index < -0.39 is 0 Å². The number of hydrogen-bond donors (Lipinski definition) is 1. The second-order valence-corrected chi connectivity index (χ2v) is 4.16. The second kappa shape index (κ2) is 4.65. The Bertz CT molecular complexity index is 740. The van der Waals surface area contributed by atoms with Crippen molar-refractivity contribution in [3.63, 3.8) is 0 Å². The molecule has 0 fully saturated rings. The Morgan fingerprint density at radius 3 is 2.58 bits per heavy atom. The van der Waals surface area contributed by atoms with Gasteiger partial charge < -0.3 is 5.32 Å². The summed E-state index contributed by atoms with van der Waals surface area (Å²) in [6.45, 7) is 0. The first-order chi connectivity index (χ1) is 9.29. The average Bonchev–Trinajstić information content (AvgIpc) is 2.48. The second-order valence-electron chi connectivity index (χ2n) is 4.16. The van der Waals surface area contributed by atoms with Crippen molar-refractivity contribution >= 4 is 16.6 Å². The van der Waals surface area contributed by atoms with Gasteiger partial charge in [0.2, 0.25) is 0 Å². The molecule has 1 heterocycles. The highest BCUT2D eigenvalue weighted by atomic mass is 19.1. The smallest absolute Gasteiger partial charge is 0.162 e. The molecule has 1 N–H and O–H groups in total. The molecule has 0 amide bonds. The van der Waals surface area contributed by atoms with Crippen molar-refractivity contribution in [3.05, 3.63) is 54.5 Å². The van der Waals surface area contributed by atoms with E-state index in [-0.39, 0.29) is 5.82 Å². The van der Waals surface area contributed by atoms with E-state index in [1.807, 2.05) is 18.2 Å². The Labute approximate surface area is 110 Å². The minimum absolute atomic E-state index is 0.232. The monoisotopic (exact) mass is 253 g/mol. The number of nitrogens with zero attached hydrogens (tertiary/aromatic N) is 2. The lowest BCUT2D eigenvalue weighted by atomic mass is 10.0. The normalized spacial score (nSPS) is 10.6. The van der Waals surface area contributed by atoms with Crippen LogP contribution in [0, 0.1) is 5.82 Å². The van der Waals surface area contributed by atoms with Crippen LogP contribution >= 0.6 is 0 Å². The Morgan fingerprint density at radius 2 is 1.79 bits per heavy atom.